The number of nitrogens with one attached hydrogen (secondary N) is 1. The lowest BCUT2D eigenvalue weighted by Gasteiger charge is -2.22. The van der Waals surface area contributed by atoms with E-state index in [1.54, 1.807) is 18.7 Å². The molecule has 1 atom stereocenters. The van der Waals surface area contributed by atoms with Crippen molar-refractivity contribution in [2.24, 2.45) is 0 Å². The Labute approximate surface area is 125 Å². The molecule has 21 heavy (non-hydrogen) atoms. The molecule has 0 aliphatic heterocycles. The second kappa shape index (κ2) is 10.7. The number of esters is 2. The Hall–Kier alpha value is -2.05. The summed E-state index contributed by atoms with van der Waals surface area (Å²) in [5.74, 6) is -1.26. The third-order valence-electron chi connectivity index (χ3n) is 2.54. The minimum Gasteiger partial charge on any atom is -0.463 e. The number of carbonyl (C=O) groups is 3. The van der Waals surface area contributed by atoms with Crippen LogP contribution in [0.5, 0.6) is 0 Å². The zero-order valence-electron chi connectivity index (χ0n) is 13.0. The number of amides is 2. The average Bonchev–Trinajstić information content (AvgIpc) is 2.44. The lowest BCUT2D eigenvalue weighted by Crippen LogP contribution is -2.45. The number of hydrogen-bond acceptors (Lipinski definition) is 5. The van der Waals surface area contributed by atoms with E-state index in [4.69, 9.17) is 4.74 Å². The van der Waals surface area contributed by atoms with Crippen LogP contribution >= 0.6 is 0 Å². The largest absolute Gasteiger partial charge is 0.463 e. The van der Waals surface area contributed by atoms with Crippen LogP contribution in [0.25, 0.3) is 0 Å². The SMILES string of the molecule is CCOC(=O)/C=C/C(=O)OC[C@H](C)NC(=O)N(CC)CC. The first-order chi connectivity index (χ1) is 9.94. The molecule has 120 valence electrons. The third-order valence-corrected chi connectivity index (χ3v) is 2.54. The van der Waals surface area contributed by atoms with Gasteiger partial charge in [0.1, 0.15) is 6.61 Å². The predicted molar refractivity (Wildman–Crippen MR) is 77.6 cm³/mol. The minimum atomic E-state index is -0.660. The summed E-state index contributed by atoms with van der Waals surface area (Å²) in [6.07, 6.45) is 2.00. The molecule has 0 aromatic rings. The summed E-state index contributed by atoms with van der Waals surface area (Å²) in [4.78, 5) is 35.7. The van der Waals surface area contributed by atoms with Gasteiger partial charge in [-0.3, -0.25) is 0 Å². The molecule has 0 radical (unpaired) electrons. The lowest BCUT2D eigenvalue weighted by atomic mass is 10.3. The Balaban J connectivity index is 4.07. The van der Waals surface area contributed by atoms with Crippen molar-refractivity contribution in [3.05, 3.63) is 12.2 Å². The molecule has 0 aromatic carbocycles. The second-order valence-corrected chi connectivity index (χ2v) is 4.24. The fourth-order valence-electron chi connectivity index (χ4n) is 1.44. The van der Waals surface area contributed by atoms with Crippen LogP contribution in [0.1, 0.15) is 27.7 Å². The van der Waals surface area contributed by atoms with Gasteiger partial charge in [0.2, 0.25) is 0 Å². The van der Waals surface area contributed by atoms with Gasteiger partial charge in [-0.25, -0.2) is 14.4 Å². The maximum absolute atomic E-state index is 11.7. The Kier molecular flexibility index (Phi) is 9.66. The van der Waals surface area contributed by atoms with Crippen molar-refractivity contribution < 1.29 is 23.9 Å². The Bertz CT molecular complexity index is 378. The van der Waals surface area contributed by atoms with E-state index >= 15 is 0 Å². The van der Waals surface area contributed by atoms with Crippen LogP contribution < -0.4 is 5.32 Å². The summed E-state index contributed by atoms with van der Waals surface area (Å²) in [6, 6.07) is -0.524. The molecule has 0 heterocycles. The summed E-state index contributed by atoms with van der Waals surface area (Å²) in [5.41, 5.74) is 0. The van der Waals surface area contributed by atoms with Gasteiger partial charge in [0, 0.05) is 25.2 Å². The smallest absolute Gasteiger partial charge is 0.331 e. The van der Waals surface area contributed by atoms with Crippen LogP contribution in [0.3, 0.4) is 0 Å². The Morgan fingerprint density at radius 2 is 1.57 bits per heavy atom. The van der Waals surface area contributed by atoms with E-state index in [9.17, 15) is 14.4 Å². The third kappa shape index (κ3) is 8.67. The quantitative estimate of drug-likeness (QED) is 0.536. The molecule has 2 amide bonds. The molecule has 0 saturated carbocycles. The number of nitrogens with zero attached hydrogens (tertiary/aromatic N) is 1. The minimum absolute atomic E-state index is 0.0268. The summed E-state index contributed by atoms with van der Waals surface area (Å²) >= 11 is 0. The highest BCUT2D eigenvalue weighted by molar-refractivity contribution is 5.91. The first kappa shape index (κ1) is 18.9. The van der Waals surface area contributed by atoms with E-state index in [-0.39, 0.29) is 25.3 Å². The topological polar surface area (TPSA) is 84.9 Å². The van der Waals surface area contributed by atoms with Gasteiger partial charge in [-0.05, 0) is 27.7 Å². The van der Waals surface area contributed by atoms with E-state index in [0.717, 1.165) is 12.2 Å². The Morgan fingerprint density at radius 1 is 1.05 bits per heavy atom. The van der Waals surface area contributed by atoms with Gasteiger partial charge in [-0.2, -0.15) is 0 Å². The maximum Gasteiger partial charge on any atom is 0.331 e. The van der Waals surface area contributed by atoms with Gasteiger partial charge >= 0.3 is 18.0 Å². The van der Waals surface area contributed by atoms with Gasteiger partial charge in [0.05, 0.1) is 12.6 Å². The van der Waals surface area contributed by atoms with Crippen molar-refractivity contribution in [2.75, 3.05) is 26.3 Å². The van der Waals surface area contributed by atoms with E-state index in [1.165, 1.54) is 0 Å². The molecule has 0 unspecified atom stereocenters. The van der Waals surface area contributed by atoms with Gasteiger partial charge in [-0.15, -0.1) is 0 Å². The van der Waals surface area contributed by atoms with Crippen LogP contribution in [0, 0.1) is 0 Å². The molecule has 0 aliphatic carbocycles. The highest BCUT2D eigenvalue weighted by Crippen LogP contribution is 1.93. The number of urea groups is 1. The number of rotatable bonds is 8. The van der Waals surface area contributed by atoms with Crippen molar-refractivity contribution in [1.29, 1.82) is 0 Å². The maximum atomic E-state index is 11.7. The highest BCUT2D eigenvalue weighted by atomic mass is 16.5. The lowest BCUT2D eigenvalue weighted by molar-refractivity contribution is -0.140. The molecule has 7 nitrogen and oxygen atoms in total. The van der Waals surface area contributed by atoms with E-state index in [2.05, 4.69) is 10.1 Å². The summed E-state index contributed by atoms with van der Waals surface area (Å²) in [7, 11) is 0. The predicted octanol–water partition coefficient (Wildman–Crippen LogP) is 1.09. The van der Waals surface area contributed by atoms with E-state index in [0.29, 0.717) is 13.1 Å². The highest BCUT2D eigenvalue weighted by Gasteiger charge is 2.13. The molecule has 0 bridgehead atoms. The molecular weight excluding hydrogens is 276 g/mol. The van der Waals surface area contributed by atoms with Crippen LogP contribution in [0.2, 0.25) is 0 Å². The first-order valence-electron chi connectivity index (χ1n) is 7.01. The van der Waals surface area contributed by atoms with Crippen molar-refractivity contribution in [2.45, 2.75) is 33.7 Å². The van der Waals surface area contributed by atoms with Crippen LogP contribution in [-0.4, -0.2) is 55.2 Å². The fourth-order valence-corrected chi connectivity index (χ4v) is 1.44. The van der Waals surface area contributed by atoms with Crippen LogP contribution in [0.4, 0.5) is 4.79 Å². The van der Waals surface area contributed by atoms with Gasteiger partial charge in [0.15, 0.2) is 0 Å². The Morgan fingerprint density at radius 3 is 2.05 bits per heavy atom. The molecule has 0 saturated heterocycles. The van der Waals surface area contributed by atoms with E-state index < -0.39 is 11.9 Å². The zero-order chi connectivity index (χ0) is 16.3. The molecule has 0 fully saturated rings. The van der Waals surface area contributed by atoms with Crippen molar-refractivity contribution >= 4 is 18.0 Å². The molecule has 7 heteroatoms. The fraction of sp³-hybridized carbons (Fsp3) is 0.643. The average molecular weight is 300 g/mol. The zero-order valence-corrected chi connectivity index (χ0v) is 13.0. The first-order valence-corrected chi connectivity index (χ1v) is 7.01. The van der Waals surface area contributed by atoms with Crippen molar-refractivity contribution in [3.8, 4) is 0 Å². The standard InChI is InChI=1S/C14H24N2O5/c1-5-16(6-2)14(19)15-11(4)10-21-13(18)9-8-12(17)20-7-3/h8-9,11H,5-7,10H2,1-4H3,(H,15,19)/b9-8+/t11-/m0/s1. The normalized spacial score (nSPS) is 11.8. The molecular formula is C14H24N2O5. The molecule has 0 spiro atoms. The summed E-state index contributed by atoms with van der Waals surface area (Å²) < 4.78 is 9.54. The molecule has 0 aliphatic rings. The van der Waals surface area contributed by atoms with Gasteiger partial charge < -0.3 is 19.7 Å². The van der Waals surface area contributed by atoms with Gasteiger partial charge in [-0.1, -0.05) is 0 Å². The monoisotopic (exact) mass is 300 g/mol. The van der Waals surface area contributed by atoms with Crippen LogP contribution in [-0.2, 0) is 19.1 Å². The van der Waals surface area contributed by atoms with Crippen molar-refractivity contribution in [3.63, 3.8) is 0 Å². The summed E-state index contributed by atoms with van der Waals surface area (Å²) in [6.45, 7) is 8.65. The van der Waals surface area contributed by atoms with Gasteiger partial charge in [0.25, 0.3) is 0 Å². The summed E-state index contributed by atoms with van der Waals surface area (Å²) in [5, 5.41) is 2.72. The molecule has 0 rings (SSSR count). The van der Waals surface area contributed by atoms with Crippen molar-refractivity contribution in [1.82, 2.24) is 10.2 Å². The van der Waals surface area contributed by atoms with E-state index in [1.807, 2.05) is 13.8 Å². The number of ether oxygens (including phenoxy) is 2. The number of carbonyl (C=O) groups excluding carboxylic acids is 3. The number of hydrogen-bond donors (Lipinski definition) is 1. The molecule has 1 N–H and O–H groups in total. The second-order valence-electron chi connectivity index (χ2n) is 4.24. The molecule has 0 aromatic heterocycles. The van der Waals surface area contributed by atoms with Crippen LogP contribution in [0.15, 0.2) is 12.2 Å².